The number of hydrogen-bond acceptors (Lipinski definition) is 3. The number of ether oxygens (including phenoxy) is 1. The zero-order valence-corrected chi connectivity index (χ0v) is 9.85. The van der Waals surface area contributed by atoms with E-state index in [2.05, 4.69) is 5.32 Å². The molecule has 1 aliphatic heterocycles. The van der Waals surface area contributed by atoms with E-state index in [0.717, 1.165) is 6.07 Å². The Balaban J connectivity index is 1.87. The van der Waals surface area contributed by atoms with Gasteiger partial charge in [-0.05, 0) is 18.2 Å². The van der Waals surface area contributed by atoms with Gasteiger partial charge >= 0.3 is 6.09 Å². The number of halogens is 1. The fourth-order valence-corrected chi connectivity index (χ4v) is 1.69. The first-order chi connectivity index (χ1) is 8.56. The van der Waals surface area contributed by atoms with Crippen molar-refractivity contribution in [1.29, 1.82) is 0 Å². The fraction of sp³-hybridized carbons (Fsp3) is 0.333. The third-order valence-electron chi connectivity index (χ3n) is 2.63. The number of cyclic esters (lactones) is 1. The summed E-state index contributed by atoms with van der Waals surface area (Å²) in [6, 6.07) is 5.41. The molecule has 1 aliphatic rings. The lowest BCUT2D eigenvalue weighted by Crippen LogP contribution is -2.34. The summed E-state index contributed by atoms with van der Waals surface area (Å²) in [5.41, 5.74) is 0.243. The number of carbonyl (C=O) groups is 2. The molecule has 0 aromatic heterocycles. The molecule has 1 unspecified atom stereocenters. The molecule has 96 valence electrons. The lowest BCUT2D eigenvalue weighted by atomic mass is 10.2. The van der Waals surface area contributed by atoms with Crippen LogP contribution in [0, 0.1) is 5.82 Å². The molecule has 1 aromatic carbocycles. The van der Waals surface area contributed by atoms with Gasteiger partial charge < -0.3 is 15.0 Å². The summed E-state index contributed by atoms with van der Waals surface area (Å²) in [5, 5.41) is 2.60. The Morgan fingerprint density at radius 1 is 1.61 bits per heavy atom. The quantitative estimate of drug-likeness (QED) is 0.873. The molecule has 1 aromatic rings. The summed E-state index contributed by atoms with van der Waals surface area (Å²) < 4.78 is 17.9. The second-order valence-corrected chi connectivity index (χ2v) is 4.11. The van der Waals surface area contributed by atoms with E-state index in [1.54, 1.807) is 7.05 Å². The van der Waals surface area contributed by atoms with Crippen molar-refractivity contribution in [2.75, 3.05) is 20.1 Å². The van der Waals surface area contributed by atoms with Crippen LogP contribution in [0.25, 0.3) is 0 Å². The highest BCUT2D eigenvalue weighted by molar-refractivity contribution is 5.94. The van der Waals surface area contributed by atoms with Crippen LogP contribution >= 0.6 is 0 Å². The molecule has 1 saturated heterocycles. The Morgan fingerprint density at radius 2 is 2.39 bits per heavy atom. The molecular formula is C12H13FN2O3. The van der Waals surface area contributed by atoms with Gasteiger partial charge in [0.2, 0.25) is 0 Å². The maximum Gasteiger partial charge on any atom is 0.410 e. The highest BCUT2D eigenvalue weighted by Gasteiger charge is 2.28. The van der Waals surface area contributed by atoms with Gasteiger partial charge in [-0.15, -0.1) is 0 Å². The summed E-state index contributed by atoms with van der Waals surface area (Å²) in [4.78, 5) is 24.2. The molecule has 0 bridgehead atoms. The number of carbonyl (C=O) groups excluding carboxylic acids is 2. The van der Waals surface area contributed by atoms with Crippen molar-refractivity contribution < 1.29 is 18.7 Å². The molecule has 1 heterocycles. The van der Waals surface area contributed by atoms with E-state index in [9.17, 15) is 14.0 Å². The van der Waals surface area contributed by atoms with Crippen molar-refractivity contribution in [2.24, 2.45) is 0 Å². The van der Waals surface area contributed by atoms with Crippen LogP contribution < -0.4 is 5.32 Å². The lowest BCUT2D eigenvalue weighted by Gasteiger charge is -2.09. The lowest BCUT2D eigenvalue weighted by molar-refractivity contribution is 0.0914. The first-order valence-corrected chi connectivity index (χ1v) is 5.52. The number of nitrogens with zero attached hydrogens (tertiary/aromatic N) is 1. The number of amides is 2. The number of rotatable bonds is 3. The van der Waals surface area contributed by atoms with Crippen LogP contribution in [0.15, 0.2) is 24.3 Å². The van der Waals surface area contributed by atoms with E-state index < -0.39 is 11.9 Å². The second-order valence-electron chi connectivity index (χ2n) is 4.11. The SMILES string of the molecule is CN1CC(CNC(=O)c2cccc(F)c2)OC1=O. The molecule has 2 rings (SSSR count). The largest absolute Gasteiger partial charge is 0.442 e. The van der Waals surface area contributed by atoms with Gasteiger partial charge in [-0.25, -0.2) is 9.18 Å². The van der Waals surface area contributed by atoms with Crippen molar-refractivity contribution in [2.45, 2.75) is 6.10 Å². The summed E-state index contributed by atoms with van der Waals surface area (Å²) in [5.74, 6) is -0.852. The van der Waals surface area contributed by atoms with Crippen LogP contribution in [-0.4, -0.2) is 43.1 Å². The van der Waals surface area contributed by atoms with Gasteiger partial charge in [-0.3, -0.25) is 4.79 Å². The van der Waals surface area contributed by atoms with Gasteiger partial charge in [-0.1, -0.05) is 6.07 Å². The van der Waals surface area contributed by atoms with Crippen LogP contribution in [0.1, 0.15) is 10.4 Å². The summed E-state index contributed by atoms with van der Waals surface area (Å²) in [7, 11) is 1.62. The average molecular weight is 252 g/mol. The van der Waals surface area contributed by atoms with E-state index in [4.69, 9.17) is 4.74 Å². The third kappa shape index (κ3) is 2.77. The molecule has 0 saturated carbocycles. The Kier molecular flexibility index (Phi) is 3.45. The molecule has 6 heteroatoms. The minimum Gasteiger partial charge on any atom is -0.442 e. The highest BCUT2D eigenvalue weighted by atomic mass is 19.1. The van der Waals surface area contributed by atoms with E-state index >= 15 is 0 Å². The zero-order chi connectivity index (χ0) is 13.1. The summed E-state index contributed by atoms with van der Waals surface area (Å²) >= 11 is 0. The standard InChI is InChI=1S/C12H13FN2O3/c1-15-7-10(18-12(15)17)6-14-11(16)8-3-2-4-9(13)5-8/h2-5,10H,6-7H2,1H3,(H,14,16). The van der Waals surface area contributed by atoms with Gasteiger partial charge in [0.15, 0.2) is 0 Å². The molecule has 2 amide bonds. The molecular weight excluding hydrogens is 239 g/mol. The van der Waals surface area contributed by atoms with Crippen molar-refractivity contribution >= 4 is 12.0 Å². The molecule has 0 aliphatic carbocycles. The predicted octanol–water partition coefficient (Wildman–Crippen LogP) is 1.01. The fourth-order valence-electron chi connectivity index (χ4n) is 1.69. The third-order valence-corrected chi connectivity index (χ3v) is 2.63. The first kappa shape index (κ1) is 12.3. The smallest absolute Gasteiger partial charge is 0.410 e. The van der Waals surface area contributed by atoms with Crippen LogP contribution in [0.5, 0.6) is 0 Å². The number of benzene rings is 1. The van der Waals surface area contributed by atoms with Crippen molar-refractivity contribution in [1.82, 2.24) is 10.2 Å². The van der Waals surface area contributed by atoms with E-state index in [0.29, 0.717) is 6.54 Å². The Bertz CT molecular complexity index is 478. The molecule has 0 spiro atoms. The Labute approximate surface area is 104 Å². The van der Waals surface area contributed by atoms with E-state index in [-0.39, 0.29) is 24.1 Å². The van der Waals surface area contributed by atoms with Gasteiger partial charge in [0.1, 0.15) is 11.9 Å². The maximum atomic E-state index is 12.9. The minimum atomic E-state index is -0.463. The molecule has 1 N–H and O–H groups in total. The van der Waals surface area contributed by atoms with Crippen LogP contribution in [-0.2, 0) is 4.74 Å². The molecule has 18 heavy (non-hydrogen) atoms. The predicted molar refractivity (Wildman–Crippen MR) is 61.6 cm³/mol. The topological polar surface area (TPSA) is 58.6 Å². The number of hydrogen-bond donors (Lipinski definition) is 1. The second kappa shape index (κ2) is 5.03. The summed E-state index contributed by atoms with van der Waals surface area (Å²) in [6.45, 7) is 0.647. The average Bonchev–Trinajstić information content (AvgIpc) is 2.66. The van der Waals surface area contributed by atoms with E-state index in [1.807, 2.05) is 0 Å². The minimum absolute atomic E-state index is 0.214. The summed E-state index contributed by atoms with van der Waals surface area (Å²) in [6.07, 6.45) is -0.764. The monoisotopic (exact) mass is 252 g/mol. The van der Waals surface area contributed by atoms with E-state index in [1.165, 1.54) is 23.1 Å². The van der Waals surface area contributed by atoms with Crippen LogP contribution in [0.2, 0.25) is 0 Å². The van der Waals surface area contributed by atoms with Crippen LogP contribution in [0.4, 0.5) is 9.18 Å². The maximum absolute atomic E-state index is 12.9. The van der Waals surface area contributed by atoms with Crippen molar-refractivity contribution in [3.05, 3.63) is 35.6 Å². The number of likely N-dealkylation sites (N-methyl/N-ethyl adjacent to an activating group) is 1. The molecule has 0 radical (unpaired) electrons. The number of nitrogens with one attached hydrogen (secondary N) is 1. The van der Waals surface area contributed by atoms with Crippen LogP contribution in [0.3, 0.4) is 0 Å². The molecule has 5 nitrogen and oxygen atoms in total. The van der Waals surface area contributed by atoms with Crippen molar-refractivity contribution in [3.63, 3.8) is 0 Å². The Hall–Kier alpha value is -2.11. The molecule has 1 atom stereocenters. The molecule has 1 fully saturated rings. The van der Waals surface area contributed by atoms with Gasteiger partial charge in [0.05, 0.1) is 13.1 Å². The first-order valence-electron chi connectivity index (χ1n) is 5.52. The zero-order valence-electron chi connectivity index (χ0n) is 9.85. The Morgan fingerprint density at radius 3 is 3.00 bits per heavy atom. The van der Waals surface area contributed by atoms with Gasteiger partial charge in [-0.2, -0.15) is 0 Å². The normalized spacial score (nSPS) is 18.7. The van der Waals surface area contributed by atoms with Gasteiger partial charge in [0.25, 0.3) is 5.91 Å². The highest BCUT2D eigenvalue weighted by Crippen LogP contribution is 2.08. The van der Waals surface area contributed by atoms with Crippen molar-refractivity contribution in [3.8, 4) is 0 Å². The van der Waals surface area contributed by atoms with Gasteiger partial charge in [0, 0.05) is 12.6 Å².